The van der Waals surface area contributed by atoms with Gasteiger partial charge in [0.15, 0.2) is 5.82 Å². The number of amides is 1. The molecule has 2 aromatic heterocycles. The highest BCUT2D eigenvalue weighted by Crippen LogP contribution is 2.23. The lowest BCUT2D eigenvalue weighted by molar-refractivity contribution is 0.102. The highest BCUT2D eigenvalue weighted by Gasteiger charge is 2.12. The maximum absolute atomic E-state index is 12.2. The summed E-state index contributed by atoms with van der Waals surface area (Å²) in [7, 11) is 0. The Hall–Kier alpha value is -2.67. The molecule has 0 aliphatic rings. The van der Waals surface area contributed by atoms with E-state index in [9.17, 15) is 9.90 Å². The van der Waals surface area contributed by atoms with E-state index in [0.717, 1.165) is 5.56 Å². The number of phenolic OH excluding ortho intramolecular Hbond substituents is 1. The van der Waals surface area contributed by atoms with Crippen LogP contribution >= 0.6 is 15.9 Å². The number of carbonyl (C=O) groups excluding carboxylic acids is 1. The van der Waals surface area contributed by atoms with E-state index in [1.807, 2.05) is 12.1 Å². The van der Waals surface area contributed by atoms with Crippen molar-refractivity contribution in [1.29, 1.82) is 0 Å². The van der Waals surface area contributed by atoms with Crippen molar-refractivity contribution < 1.29 is 9.90 Å². The van der Waals surface area contributed by atoms with Crippen LogP contribution in [0.3, 0.4) is 0 Å². The number of nitrogens with zero attached hydrogens (tertiary/aromatic N) is 3. The molecule has 7 heteroatoms. The number of benzene rings is 1. The molecule has 116 valence electrons. The summed E-state index contributed by atoms with van der Waals surface area (Å²) in [6.45, 7) is 0.585. The molecule has 0 aliphatic carbocycles. The maximum Gasteiger partial charge on any atom is 0.260 e. The Kier molecular flexibility index (Phi) is 4.38. The van der Waals surface area contributed by atoms with Gasteiger partial charge in [-0.05, 0) is 35.9 Å². The zero-order chi connectivity index (χ0) is 16.2. The van der Waals surface area contributed by atoms with Crippen molar-refractivity contribution in [2.45, 2.75) is 6.54 Å². The fraction of sp³-hybridized carbons (Fsp3) is 0.0625. The van der Waals surface area contributed by atoms with Crippen molar-refractivity contribution in [3.05, 3.63) is 70.6 Å². The highest BCUT2D eigenvalue weighted by atomic mass is 79.9. The van der Waals surface area contributed by atoms with Crippen molar-refractivity contribution >= 4 is 27.7 Å². The Morgan fingerprint density at radius 1 is 1.22 bits per heavy atom. The van der Waals surface area contributed by atoms with Crippen LogP contribution < -0.4 is 5.32 Å². The molecule has 0 spiro atoms. The van der Waals surface area contributed by atoms with Gasteiger partial charge in [-0.25, -0.2) is 0 Å². The summed E-state index contributed by atoms with van der Waals surface area (Å²) in [4.78, 5) is 16.1. The van der Waals surface area contributed by atoms with Crippen molar-refractivity contribution in [1.82, 2.24) is 14.8 Å². The van der Waals surface area contributed by atoms with Crippen molar-refractivity contribution in [3.8, 4) is 5.75 Å². The molecule has 3 aromatic rings. The van der Waals surface area contributed by atoms with Gasteiger partial charge in [-0.2, -0.15) is 5.10 Å². The molecule has 3 rings (SSSR count). The summed E-state index contributed by atoms with van der Waals surface area (Å²) in [5.74, 6) is -0.0800. The lowest BCUT2D eigenvalue weighted by Gasteiger charge is -2.05. The monoisotopic (exact) mass is 372 g/mol. The van der Waals surface area contributed by atoms with Crippen LogP contribution in [0.5, 0.6) is 5.75 Å². The number of hydrogen-bond donors (Lipinski definition) is 2. The van der Waals surface area contributed by atoms with E-state index in [-0.39, 0.29) is 11.3 Å². The minimum absolute atomic E-state index is 0.0897. The quantitative estimate of drug-likeness (QED) is 0.737. The Balaban J connectivity index is 1.70. The number of rotatable bonds is 4. The van der Waals surface area contributed by atoms with Crippen LogP contribution in [0.2, 0.25) is 0 Å². The molecular formula is C16H13BrN4O2. The predicted octanol–water partition coefficient (Wildman–Crippen LogP) is 3.05. The molecule has 0 saturated heterocycles. The number of aromatic nitrogens is 3. The number of carbonyl (C=O) groups is 1. The molecule has 6 nitrogen and oxygen atoms in total. The van der Waals surface area contributed by atoms with Crippen LogP contribution in [-0.2, 0) is 6.54 Å². The average Bonchev–Trinajstić information content (AvgIpc) is 2.95. The van der Waals surface area contributed by atoms with Gasteiger partial charge in [0.05, 0.1) is 12.1 Å². The summed E-state index contributed by atoms with van der Waals surface area (Å²) in [5.41, 5.74) is 1.25. The molecule has 0 bridgehead atoms. The molecule has 1 aromatic carbocycles. The molecule has 2 heterocycles. The van der Waals surface area contributed by atoms with Gasteiger partial charge in [0.25, 0.3) is 5.91 Å². The average molecular weight is 373 g/mol. The standard InChI is InChI=1S/C16H13BrN4O2/c17-12-1-2-13(14(22)9-12)16(23)19-15-5-8-21(20-15)10-11-3-6-18-7-4-11/h1-9,22H,10H2,(H,19,20,23). The van der Waals surface area contributed by atoms with Crippen LogP contribution in [0, 0.1) is 0 Å². The highest BCUT2D eigenvalue weighted by molar-refractivity contribution is 9.10. The smallest absolute Gasteiger partial charge is 0.260 e. The van der Waals surface area contributed by atoms with Gasteiger partial charge in [0, 0.05) is 29.1 Å². The summed E-state index contributed by atoms with van der Waals surface area (Å²) in [5, 5.41) is 16.8. The Labute approximate surface area is 140 Å². The molecule has 1 amide bonds. The molecule has 23 heavy (non-hydrogen) atoms. The lowest BCUT2D eigenvalue weighted by Crippen LogP contribution is -2.13. The minimum atomic E-state index is -0.413. The summed E-state index contributed by atoms with van der Waals surface area (Å²) in [6.07, 6.45) is 5.22. The van der Waals surface area contributed by atoms with Crippen molar-refractivity contribution in [2.24, 2.45) is 0 Å². The van der Waals surface area contributed by atoms with Gasteiger partial charge >= 0.3 is 0 Å². The number of nitrogens with one attached hydrogen (secondary N) is 1. The summed E-state index contributed by atoms with van der Waals surface area (Å²) >= 11 is 3.24. The predicted molar refractivity (Wildman–Crippen MR) is 89.3 cm³/mol. The van der Waals surface area contributed by atoms with Crippen molar-refractivity contribution in [3.63, 3.8) is 0 Å². The molecular weight excluding hydrogens is 360 g/mol. The third-order valence-corrected chi connectivity index (χ3v) is 3.67. The zero-order valence-electron chi connectivity index (χ0n) is 12.0. The van der Waals surface area contributed by atoms with Crippen molar-refractivity contribution in [2.75, 3.05) is 5.32 Å². The van der Waals surface area contributed by atoms with Crippen LogP contribution in [0.15, 0.2) is 59.5 Å². The van der Waals surface area contributed by atoms with E-state index in [1.165, 1.54) is 6.07 Å². The maximum atomic E-state index is 12.2. The fourth-order valence-corrected chi connectivity index (χ4v) is 2.42. The second-order valence-corrected chi connectivity index (χ2v) is 5.79. The van der Waals surface area contributed by atoms with Gasteiger partial charge < -0.3 is 10.4 Å². The molecule has 0 aliphatic heterocycles. The van der Waals surface area contributed by atoms with Gasteiger partial charge in [-0.3, -0.25) is 14.5 Å². The molecule has 0 radical (unpaired) electrons. The second kappa shape index (κ2) is 6.62. The Morgan fingerprint density at radius 2 is 2.00 bits per heavy atom. The van der Waals surface area contributed by atoms with Gasteiger partial charge in [-0.15, -0.1) is 0 Å². The molecule has 2 N–H and O–H groups in total. The van der Waals surface area contributed by atoms with Gasteiger partial charge in [0.1, 0.15) is 5.75 Å². The van der Waals surface area contributed by atoms with Crippen LogP contribution in [-0.4, -0.2) is 25.8 Å². The summed E-state index contributed by atoms with van der Waals surface area (Å²) in [6, 6.07) is 10.2. The first-order valence-electron chi connectivity index (χ1n) is 6.84. The number of aromatic hydroxyl groups is 1. The first kappa shape index (κ1) is 15.2. The largest absolute Gasteiger partial charge is 0.507 e. The SMILES string of the molecule is O=C(Nc1ccn(Cc2ccncc2)n1)c1ccc(Br)cc1O. The number of hydrogen-bond acceptors (Lipinski definition) is 4. The van der Waals surface area contributed by atoms with E-state index in [4.69, 9.17) is 0 Å². The van der Waals surface area contributed by atoms with Crippen LogP contribution in [0.4, 0.5) is 5.82 Å². The number of halogens is 1. The number of anilines is 1. The van der Waals surface area contributed by atoms with E-state index in [2.05, 4.69) is 31.3 Å². The lowest BCUT2D eigenvalue weighted by atomic mass is 10.2. The number of pyridine rings is 1. The normalized spacial score (nSPS) is 10.5. The van der Waals surface area contributed by atoms with E-state index in [0.29, 0.717) is 16.8 Å². The third-order valence-electron chi connectivity index (χ3n) is 3.18. The second-order valence-electron chi connectivity index (χ2n) is 4.87. The van der Waals surface area contributed by atoms with E-state index < -0.39 is 5.91 Å². The third kappa shape index (κ3) is 3.75. The minimum Gasteiger partial charge on any atom is -0.507 e. The molecule has 0 unspecified atom stereocenters. The fourth-order valence-electron chi connectivity index (χ4n) is 2.07. The van der Waals surface area contributed by atoms with E-state index >= 15 is 0 Å². The first-order valence-corrected chi connectivity index (χ1v) is 7.63. The molecule has 0 fully saturated rings. The number of phenols is 1. The summed E-state index contributed by atoms with van der Waals surface area (Å²) < 4.78 is 2.42. The van der Waals surface area contributed by atoms with Crippen LogP contribution in [0.1, 0.15) is 15.9 Å². The Bertz CT molecular complexity index is 833. The van der Waals surface area contributed by atoms with Gasteiger partial charge in [0.2, 0.25) is 0 Å². The zero-order valence-corrected chi connectivity index (χ0v) is 13.6. The van der Waals surface area contributed by atoms with Crippen LogP contribution in [0.25, 0.3) is 0 Å². The Morgan fingerprint density at radius 3 is 2.74 bits per heavy atom. The molecule has 0 atom stereocenters. The topological polar surface area (TPSA) is 80.0 Å². The van der Waals surface area contributed by atoms with E-state index in [1.54, 1.807) is 41.5 Å². The first-order chi connectivity index (χ1) is 11.1. The van der Waals surface area contributed by atoms with Gasteiger partial charge in [-0.1, -0.05) is 15.9 Å². The molecule has 0 saturated carbocycles.